The summed E-state index contributed by atoms with van der Waals surface area (Å²) in [6.07, 6.45) is 2.49. The molecule has 1 fully saturated rings. The van der Waals surface area contributed by atoms with Crippen LogP contribution in [0.4, 0.5) is 5.69 Å². The molecule has 0 spiro atoms. The van der Waals surface area contributed by atoms with Crippen molar-refractivity contribution >= 4 is 57.5 Å². The predicted molar refractivity (Wildman–Crippen MR) is 125 cm³/mol. The molecule has 6 nitrogen and oxygen atoms in total. The monoisotopic (exact) mass is 552 g/mol. The number of guanidine groups is 1. The van der Waals surface area contributed by atoms with Gasteiger partial charge in [0.2, 0.25) is 5.91 Å². The molecular formula is C19H30BrIN4O2. The number of rotatable bonds is 7. The number of anilines is 1. The first-order valence-corrected chi connectivity index (χ1v) is 9.93. The van der Waals surface area contributed by atoms with Crippen LogP contribution in [-0.4, -0.2) is 43.7 Å². The molecule has 27 heavy (non-hydrogen) atoms. The van der Waals surface area contributed by atoms with Gasteiger partial charge in [-0.1, -0.05) is 22.0 Å². The van der Waals surface area contributed by atoms with Gasteiger partial charge in [0.25, 0.3) is 0 Å². The third kappa shape index (κ3) is 8.35. The fraction of sp³-hybridized carbons (Fsp3) is 0.579. The molecule has 1 saturated heterocycles. The van der Waals surface area contributed by atoms with Crippen molar-refractivity contribution in [3.05, 3.63) is 28.2 Å². The topological polar surface area (TPSA) is 74.8 Å². The Bertz CT molecular complexity index is 649. The SMILES string of the molecule is CCNC(=NCC1(C)CCCO1)NCCC(=O)Nc1cc(Br)ccc1C.I. The van der Waals surface area contributed by atoms with E-state index in [2.05, 4.69) is 43.8 Å². The molecule has 0 saturated carbocycles. The molecule has 1 aromatic carbocycles. The van der Waals surface area contributed by atoms with Gasteiger partial charge in [-0.2, -0.15) is 0 Å². The standard InChI is InChI=1S/C19H29BrN4O2.HI/c1-4-21-18(23-13-19(3)9-5-11-26-19)22-10-8-17(25)24-16-12-15(20)7-6-14(16)2;/h6-7,12H,4-5,8-11,13H2,1-3H3,(H,24,25)(H2,21,22,23);1H. The molecule has 1 aromatic rings. The molecule has 1 amide bonds. The molecule has 1 aliphatic heterocycles. The van der Waals surface area contributed by atoms with Crippen molar-refractivity contribution < 1.29 is 9.53 Å². The normalized spacial score (nSPS) is 19.3. The summed E-state index contributed by atoms with van der Waals surface area (Å²) in [6, 6.07) is 5.84. The number of benzene rings is 1. The summed E-state index contributed by atoms with van der Waals surface area (Å²) in [5.74, 6) is 0.691. The molecular weight excluding hydrogens is 523 g/mol. The van der Waals surface area contributed by atoms with Crippen molar-refractivity contribution in [2.24, 2.45) is 4.99 Å². The number of nitrogens with zero attached hydrogens (tertiary/aromatic N) is 1. The number of carbonyl (C=O) groups excluding carboxylic acids is 1. The Balaban J connectivity index is 0.00000364. The lowest BCUT2D eigenvalue weighted by atomic mass is 10.0. The molecule has 0 bridgehead atoms. The van der Waals surface area contributed by atoms with Crippen LogP contribution >= 0.6 is 39.9 Å². The van der Waals surface area contributed by atoms with Crippen LogP contribution in [0, 0.1) is 6.92 Å². The first kappa shape index (κ1) is 24.2. The van der Waals surface area contributed by atoms with Gasteiger partial charge in [0.15, 0.2) is 5.96 Å². The largest absolute Gasteiger partial charge is 0.373 e. The minimum Gasteiger partial charge on any atom is -0.373 e. The van der Waals surface area contributed by atoms with Gasteiger partial charge in [0.1, 0.15) is 0 Å². The number of hydrogen-bond acceptors (Lipinski definition) is 3. The number of carbonyl (C=O) groups is 1. The number of nitrogens with one attached hydrogen (secondary N) is 3. The third-order valence-corrected chi connectivity index (χ3v) is 4.83. The van der Waals surface area contributed by atoms with Crippen LogP contribution in [0.1, 0.15) is 38.7 Å². The Morgan fingerprint density at radius 1 is 1.37 bits per heavy atom. The van der Waals surface area contributed by atoms with Crippen LogP contribution in [0.2, 0.25) is 0 Å². The highest BCUT2D eigenvalue weighted by atomic mass is 127. The second-order valence-corrected chi connectivity index (χ2v) is 7.70. The second kappa shape index (κ2) is 11.9. The number of amides is 1. The summed E-state index contributed by atoms with van der Waals surface area (Å²) < 4.78 is 6.71. The average molecular weight is 553 g/mol. The van der Waals surface area contributed by atoms with E-state index in [1.165, 1.54) is 0 Å². The van der Waals surface area contributed by atoms with Crippen LogP contribution in [0.25, 0.3) is 0 Å². The van der Waals surface area contributed by atoms with Crippen molar-refractivity contribution in [3.63, 3.8) is 0 Å². The Morgan fingerprint density at radius 2 is 2.15 bits per heavy atom. The first-order chi connectivity index (χ1) is 12.4. The van der Waals surface area contributed by atoms with Crippen molar-refractivity contribution in [2.75, 3.05) is 31.6 Å². The van der Waals surface area contributed by atoms with Gasteiger partial charge in [-0.3, -0.25) is 9.79 Å². The lowest BCUT2D eigenvalue weighted by Crippen LogP contribution is -2.40. The van der Waals surface area contributed by atoms with Crippen molar-refractivity contribution in [1.82, 2.24) is 10.6 Å². The molecule has 0 aliphatic carbocycles. The van der Waals surface area contributed by atoms with Gasteiger partial charge in [0, 0.05) is 36.3 Å². The Hall–Kier alpha value is -0.870. The van der Waals surface area contributed by atoms with Crippen LogP contribution in [-0.2, 0) is 9.53 Å². The van der Waals surface area contributed by atoms with E-state index in [4.69, 9.17) is 4.74 Å². The Labute approximate surface area is 187 Å². The fourth-order valence-corrected chi connectivity index (χ4v) is 3.15. The zero-order chi connectivity index (χ0) is 19.0. The smallest absolute Gasteiger partial charge is 0.226 e. The van der Waals surface area contributed by atoms with Crippen LogP contribution in [0.3, 0.4) is 0 Å². The van der Waals surface area contributed by atoms with E-state index in [1.807, 2.05) is 32.0 Å². The predicted octanol–water partition coefficient (Wildman–Crippen LogP) is 3.83. The van der Waals surface area contributed by atoms with E-state index >= 15 is 0 Å². The van der Waals surface area contributed by atoms with Crippen molar-refractivity contribution in [3.8, 4) is 0 Å². The van der Waals surface area contributed by atoms with Gasteiger partial charge in [-0.25, -0.2) is 0 Å². The number of halogens is 2. The van der Waals surface area contributed by atoms with E-state index in [-0.39, 0.29) is 35.5 Å². The van der Waals surface area contributed by atoms with E-state index in [9.17, 15) is 4.79 Å². The van der Waals surface area contributed by atoms with Crippen LogP contribution < -0.4 is 16.0 Å². The van der Waals surface area contributed by atoms with Gasteiger partial charge in [-0.15, -0.1) is 24.0 Å². The van der Waals surface area contributed by atoms with Crippen molar-refractivity contribution in [1.29, 1.82) is 0 Å². The molecule has 1 aliphatic rings. The maximum Gasteiger partial charge on any atom is 0.226 e. The molecule has 8 heteroatoms. The molecule has 152 valence electrons. The molecule has 2 rings (SSSR count). The molecule has 1 heterocycles. The second-order valence-electron chi connectivity index (χ2n) is 6.78. The van der Waals surface area contributed by atoms with E-state index in [0.717, 1.165) is 47.7 Å². The maximum atomic E-state index is 12.2. The van der Waals surface area contributed by atoms with Gasteiger partial charge in [-0.05, 0) is 51.3 Å². The first-order valence-electron chi connectivity index (χ1n) is 9.14. The summed E-state index contributed by atoms with van der Waals surface area (Å²) in [4.78, 5) is 16.8. The lowest BCUT2D eigenvalue weighted by Gasteiger charge is -2.21. The zero-order valence-electron chi connectivity index (χ0n) is 16.2. The van der Waals surface area contributed by atoms with Gasteiger partial charge >= 0.3 is 0 Å². The zero-order valence-corrected chi connectivity index (χ0v) is 20.1. The van der Waals surface area contributed by atoms with E-state index in [0.29, 0.717) is 19.5 Å². The van der Waals surface area contributed by atoms with E-state index in [1.54, 1.807) is 0 Å². The Kier molecular flexibility index (Phi) is 10.6. The number of aryl methyl sites for hydroxylation is 1. The molecule has 0 radical (unpaired) electrons. The summed E-state index contributed by atoms with van der Waals surface area (Å²) in [7, 11) is 0. The minimum atomic E-state index is -0.169. The highest BCUT2D eigenvalue weighted by molar-refractivity contribution is 14.0. The summed E-state index contributed by atoms with van der Waals surface area (Å²) in [5, 5.41) is 9.38. The minimum absolute atomic E-state index is 0. The number of ether oxygens (including phenoxy) is 1. The molecule has 1 unspecified atom stereocenters. The molecule has 1 atom stereocenters. The average Bonchev–Trinajstić information content (AvgIpc) is 3.03. The van der Waals surface area contributed by atoms with Crippen LogP contribution in [0.15, 0.2) is 27.7 Å². The Morgan fingerprint density at radius 3 is 2.81 bits per heavy atom. The molecule has 0 aromatic heterocycles. The van der Waals surface area contributed by atoms with Gasteiger partial charge in [0.05, 0.1) is 12.1 Å². The number of hydrogen-bond donors (Lipinski definition) is 3. The quantitative estimate of drug-likeness (QED) is 0.273. The van der Waals surface area contributed by atoms with Gasteiger partial charge < -0.3 is 20.7 Å². The van der Waals surface area contributed by atoms with E-state index < -0.39 is 0 Å². The molecule has 3 N–H and O–H groups in total. The highest BCUT2D eigenvalue weighted by Gasteiger charge is 2.29. The lowest BCUT2D eigenvalue weighted by molar-refractivity contribution is -0.116. The summed E-state index contributed by atoms with van der Waals surface area (Å²) in [6.45, 7) is 8.81. The van der Waals surface area contributed by atoms with Crippen molar-refractivity contribution in [2.45, 2.75) is 45.6 Å². The fourth-order valence-electron chi connectivity index (χ4n) is 2.79. The number of aliphatic imine (C=N–C) groups is 1. The highest BCUT2D eigenvalue weighted by Crippen LogP contribution is 2.25. The third-order valence-electron chi connectivity index (χ3n) is 4.33. The maximum absolute atomic E-state index is 12.2. The van der Waals surface area contributed by atoms with Crippen LogP contribution in [0.5, 0.6) is 0 Å². The summed E-state index contributed by atoms with van der Waals surface area (Å²) in [5.41, 5.74) is 1.70. The summed E-state index contributed by atoms with van der Waals surface area (Å²) >= 11 is 3.43.